The molecule has 2 bridgehead atoms. The van der Waals surface area contributed by atoms with Gasteiger partial charge in [-0.25, -0.2) is 0 Å². The Morgan fingerprint density at radius 3 is 2.89 bits per heavy atom. The summed E-state index contributed by atoms with van der Waals surface area (Å²) in [6, 6.07) is 8.32. The van der Waals surface area contributed by atoms with Crippen LogP contribution in [0.5, 0.6) is 5.75 Å². The van der Waals surface area contributed by atoms with E-state index >= 15 is 0 Å². The molecule has 0 N–H and O–H groups in total. The lowest BCUT2D eigenvalue weighted by Crippen LogP contribution is -2.28. The van der Waals surface area contributed by atoms with Crippen LogP contribution in [0.2, 0.25) is 5.02 Å². The van der Waals surface area contributed by atoms with Gasteiger partial charge in [0.2, 0.25) is 0 Å². The quantitative estimate of drug-likeness (QED) is 0.827. The number of nitriles is 1. The molecule has 0 amide bonds. The lowest BCUT2D eigenvalue weighted by Gasteiger charge is -2.31. The highest BCUT2D eigenvalue weighted by molar-refractivity contribution is 6.30. The zero-order valence-corrected chi connectivity index (χ0v) is 11.9. The minimum Gasteiger partial charge on any atom is -0.496 e. The molecule has 1 aromatic carbocycles. The van der Waals surface area contributed by atoms with Crippen molar-refractivity contribution in [1.82, 2.24) is 0 Å². The number of benzene rings is 1. The van der Waals surface area contributed by atoms with Gasteiger partial charge in [-0.1, -0.05) is 18.0 Å². The number of nitrogens with zero attached hydrogens (tertiary/aromatic N) is 1. The van der Waals surface area contributed by atoms with Crippen LogP contribution in [0.25, 0.3) is 0 Å². The fourth-order valence-corrected chi connectivity index (χ4v) is 4.26. The molecular formula is C16H18ClNO. The monoisotopic (exact) mass is 275 g/mol. The second-order valence-corrected chi connectivity index (χ2v) is 6.42. The first kappa shape index (κ1) is 12.8. The Morgan fingerprint density at radius 1 is 1.47 bits per heavy atom. The Bertz CT molecular complexity index is 536. The predicted molar refractivity (Wildman–Crippen MR) is 75.2 cm³/mol. The van der Waals surface area contributed by atoms with E-state index in [0.29, 0.717) is 10.9 Å². The highest BCUT2D eigenvalue weighted by Gasteiger charge is 2.51. The first-order chi connectivity index (χ1) is 9.16. The Kier molecular flexibility index (Phi) is 3.19. The van der Waals surface area contributed by atoms with Crippen molar-refractivity contribution in [2.24, 2.45) is 17.3 Å². The third-order valence-corrected chi connectivity index (χ3v) is 5.18. The second-order valence-electron chi connectivity index (χ2n) is 5.98. The Balaban J connectivity index is 1.92. The van der Waals surface area contributed by atoms with Crippen molar-refractivity contribution >= 4 is 11.6 Å². The number of halogens is 1. The van der Waals surface area contributed by atoms with Crippen LogP contribution in [0, 0.1) is 28.6 Å². The SMILES string of the molecule is COc1ccc(Cl)cc1CC1(C#N)CC2CCC1C2. The Morgan fingerprint density at radius 2 is 2.32 bits per heavy atom. The van der Waals surface area contributed by atoms with E-state index in [-0.39, 0.29) is 5.41 Å². The maximum absolute atomic E-state index is 9.71. The van der Waals surface area contributed by atoms with E-state index < -0.39 is 0 Å². The summed E-state index contributed by atoms with van der Waals surface area (Å²) in [5.74, 6) is 2.17. The van der Waals surface area contributed by atoms with Crippen molar-refractivity contribution in [3.63, 3.8) is 0 Å². The number of fused-ring (bicyclic) bond motifs is 2. The number of rotatable bonds is 3. The van der Waals surface area contributed by atoms with Crippen molar-refractivity contribution in [1.29, 1.82) is 5.26 Å². The summed E-state index contributed by atoms with van der Waals surface area (Å²) >= 11 is 6.09. The summed E-state index contributed by atoms with van der Waals surface area (Å²) in [6.07, 6.45) is 5.57. The number of methoxy groups -OCH3 is 1. The van der Waals surface area contributed by atoms with E-state index in [0.717, 1.165) is 30.1 Å². The average Bonchev–Trinajstić information content (AvgIpc) is 3.00. The molecule has 0 heterocycles. The van der Waals surface area contributed by atoms with Crippen molar-refractivity contribution < 1.29 is 4.74 Å². The van der Waals surface area contributed by atoms with Gasteiger partial charge >= 0.3 is 0 Å². The van der Waals surface area contributed by atoms with Crippen LogP contribution in [0.4, 0.5) is 0 Å². The van der Waals surface area contributed by atoms with Gasteiger partial charge in [0.15, 0.2) is 0 Å². The molecule has 3 atom stereocenters. The Hall–Kier alpha value is -1.20. The van der Waals surface area contributed by atoms with E-state index in [1.54, 1.807) is 7.11 Å². The molecule has 2 nitrogen and oxygen atoms in total. The zero-order valence-electron chi connectivity index (χ0n) is 11.2. The predicted octanol–water partition coefficient (Wildman–Crippen LogP) is 4.22. The molecule has 3 heteroatoms. The maximum Gasteiger partial charge on any atom is 0.122 e. The van der Waals surface area contributed by atoms with E-state index in [1.165, 1.54) is 19.3 Å². The summed E-state index contributed by atoms with van der Waals surface area (Å²) in [6.45, 7) is 0. The molecule has 0 saturated heterocycles. The fourth-order valence-electron chi connectivity index (χ4n) is 4.06. The molecule has 2 saturated carbocycles. The van der Waals surface area contributed by atoms with Gasteiger partial charge in [0, 0.05) is 5.02 Å². The van der Waals surface area contributed by atoms with Crippen LogP contribution in [-0.4, -0.2) is 7.11 Å². The van der Waals surface area contributed by atoms with Gasteiger partial charge < -0.3 is 4.74 Å². The van der Waals surface area contributed by atoms with Crippen LogP contribution in [0.1, 0.15) is 31.2 Å². The third kappa shape index (κ3) is 2.11. The standard InChI is InChI=1S/C16H18ClNO/c1-19-15-5-4-14(17)7-12(15)9-16(10-18)8-11-2-3-13(16)6-11/h4-5,7,11,13H,2-3,6,8-9H2,1H3. The molecule has 2 aliphatic carbocycles. The molecule has 2 aliphatic rings. The zero-order chi connectivity index (χ0) is 13.5. The van der Waals surface area contributed by atoms with E-state index in [9.17, 15) is 5.26 Å². The van der Waals surface area contributed by atoms with Gasteiger partial charge in [-0.3, -0.25) is 0 Å². The van der Waals surface area contributed by atoms with Crippen LogP contribution in [0.3, 0.4) is 0 Å². The number of ether oxygens (including phenoxy) is 1. The molecule has 19 heavy (non-hydrogen) atoms. The lowest BCUT2D eigenvalue weighted by atomic mass is 9.70. The molecule has 2 fully saturated rings. The normalized spacial score (nSPS) is 32.3. The molecule has 3 rings (SSSR count). The summed E-state index contributed by atoms with van der Waals surface area (Å²) in [4.78, 5) is 0. The lowest BCUT2D eigenvalue weighted by molar-refractivity contribution is 0.237. The van der Waals surface area contributed by atoms with Crippen LogP contribution >= 0.6 is 11.6 Å². The van der Waals surface area contributed by atoms with Crippen LogP contribution < -0.4 is 4.74 Å². The fraction of sp³-hybridized carbons (Fsp3) is 0.562. The highest BCUT2D eigenvalue weighted by Crippen LogP contribution is 2.57. The summed E-state index contributed by atoms with van der Waals surface area (Å²) < 4.78 is 5.41. The van der Waals surface area contributed by atoms with Crippen LogP contribution in [0.15, 0.2) is 18.2 Å². The minimum absolute atomic E-state index is 0.194. The molecule has 100 valence electrons. The van der Waals surface area contributed by atoms with Gasteiger partial charge in [0.05, 0.1) is 18.6 Å². The molecule has 1 aromatic rings. The topological polar surface area (TPSA) is 33.0 Å². The van der Waals surface area contributed by atoms with E-state index in [1.807, 2.05) is 18.2 Å². The second kappa shape index (κ2) is 4.72. The maximum atomic E-state index is 9.71. The minimum atomic E-state index is -0.194. The number of hydrogen-bond donors (Lipinski definition) is 0. The Labute approximate surface area is 119 Å². The van der Waals surface area contributed by atoms with E-state index in [2.05, 4.69) is 6.07 Å². The molecule has 0 radical (unpaired) electrons. The molecule has 0 spiro atoms. The van der Waals surface area contributed by atoms with Gasteiger partial charge in [0.1, 0.15) is 5.75 Å². The smallest absolute Gasteiger partial charge is 0.122 e. The average molecular weight is 276 g/mol. The first-order valence-corrected chi connectivity index (χ1v) is 7.28. The molecule has 3 unspecified atom stereocenters. The van der Waals surface area contributed by atoms with Crippen LogP contribution in [-0.2, 0) is 6.42 Å². The van der Waals surface area contributed by atoms with Crippen molar-refractivity contribution in [2.75, 3.05) is 7.11 Å². The van der Waals surface area contributed by atoms with Gasteiger partial charge in [-0.05, 0) is 61.3 Å². The molecular weight excluding hydrogens is 258 g/mol. The van der Waals surface area contributed by atoms with Gasteiger partial charge in [-0.15, -0.1) is 0 Å². The van der Waals surface area contributed by atoms with Gasteiger partial charge in [-0.2, -0.15) is 5.26 Å². The summed E-state index contributed by atoms with van der Waals surface area (Å²) in [5, 5.41) is 10.4. The first-order valence-electron chi connectivity index (χ1n) is 6.90. The molecule has 0 aromatic heterocycles. The number of hydrogen-bond acceptors (Lipinski definition) is 2. The third-order valence-electron chi connectivity index (χ3n) is 4.95. The highest BCUT2D eigenvalue weighted by atomic mass is 35.5. The largest absolute Gasteiger partial charge is 0.496 e. The van der Waals surface area contributed by atoms with Crippen molar-refractivity contribution in [3.8, 4) is 11.8 Å². The summed E-state index contributed by atoms with van der Waals surface area (Å²) in [5.41, 5.74) is 0.880. The summed E-state index contributed by atoms with van der Waals surface area (Å²) in [7, 11) is 1.67. The van der Waals surface area contributed by atoms with E-state index in [4.69, 9.17) is 16.3 Å². The molecule has 0 aliphatic heterocycles. The van der Waals surface area contributed by atoms with Crippen molar-refractivity contribution in [2.45, 2.75) is 32.1 Å². The van der Waals surface area contributed by atoms with Gasteiger partial charge in [0.25, 0.3) is 0 Å². The van der Waals surface area contributed by atoms with Crippen molar-refractivity contribution in [3.05, 3.63) is 28.8 Å².